The molecule has 0 aliphatic carbocycles. The lowest BCUT2D eigenvalue weighted by Gasteiger charge is -2.12. The monoisotopic (exact) mass is 556 g/mol. The van der Waals surface area contributed by atoms with E-state index in [-0.39, 0.29) is 22.5 Å². The minimum absolute atomic E-state index is 0.0703. The van der Waals surface area contributed by atoms with Crippen LogP contribution in [-0.2, 0) is 14.8 Å². The van der Waals surface area contributed by atoms with Crippen LogP contribution in [0.2, 0.25) is 0 Å². The van der Waals surface area contributed by atoms with Crippen molar-refractivity contribution >= 4 is 38.9 Å². The molecule has 0 aromatic heterocycles. The topological polar surface area (TPSA) is 85.3 Å². The average Bonchev–Trinajstić information content (AvgIpc) is 3.17. The third-order valence-electron chi connectivity index (χ3n) is 5.96. The van der Waals surface area contributed by atoms with Gasteiger partial charge in [-0.05, 0) is 61.0 Å². The van der Waals surface area contributed by atoms with Crippen molar-refractivity contribution in [1.82, 2.24) is 4.90 Å². The molecule has 1 aliphatic heterocycles. The number of carbonyl (C=O) groups is 1. The Morgan fingerprint density at radius 1 is 1.03 bits per heavy atom. The molecule has 38 heavy (non-hydrogen) atoms. The van der Waals surface area contributed by atoms with Crippen molar-refractivity contribution in [2.24, 2.45) is 4.40 Å². The van der Waals surface area contributed by atoms with Crippen LogP contribution in [0.4, 0.5) is 0 Å². The number of sulfonamides is 1. The van der Waals surface area contributed by atoms with Crippen molar-refractivity contribution in [2.45, 2.75) is 57.3 Å². The molecule has 1 saturated heterocycles. The number of hydrogen-bond acceptors (Lipinski definition) is 6. The second kappa shape index (κ2) is 14.2. The SMILES string of the molecule is C=CCN1C(=O)C(=Cc2ccc(OCCCCCCCC)c(OC)c2)SC1=NS(=O)(=O)c1ccc(C)cc1. The average molecular weight is 557 g/mol. The lowest BCUT2D eigenvalue weighted by molar-refractivity contribution is -0.121. The third kappa shape index (κ3) is 7.98. The molecule has 0 N–H and O–H groups in total. The van der Waals surface area contributed by atoms with Crippen LogP contribution in [0.15, 0.2) is 69.3 Å². The summed E-state index contributed by atoms with van der Waals surface area (Å²) in [6.07, 6.45) is 10.3. The molecule has 0 radical (unpaired) electrons. The van der Waals surface area contributed by atoms with Crippen LogP contribution < -0.4 is 9.47 Å². The molecule has 0 atom stereocenters. The zero-order valence-electron chi connectivity index (χ0n) is 22.3. The number of ether oxygens (including phenoxy) is 2. The van der Waals surface area contributed by atoms with Crippen molar-refractivity contribution < 1.29 is 22.7 Å². The summed E-state index contributed by atoms with van der Waals surface area (Å²) < 4.78 is 41.2. The van der Waals surface area contributed by atoms with E-state index in [2.05, 4.69) is 17.9 Å². The number of nitrogens with zero attached hydrogens (tertiary/aromatic N) is 2. The lowest BCUT2D eigenvalue weighted by atomic mass is 10.1. The fourth-order valence-electron chi connectivity index (χ4n) is 3.84. The molecule has 0 bridgehead atoms. The quantitative estimate of drug-likeness (QED) is 0.148. The molecule has 0 unspecified atom stereocenters. The number of aryl methyl sites for hydroxylation is 1. The van der Waals surface area contributed by atoms with Crippen molar-refractivity contribution in [3.63, 3.8) is 0 Å². The van der Waals surface area contributed by atoms with Crippen molar-refractivity contribution in [2.75, 3.05) is 20.3 Å². The highest BCUT2D eigenvalue weighted by Crippen LogP contribution is 2.35. The van der Waals surface area contributed by atoms with Crippen LogP contribution in [0.25, 0.3) is 6.08 Å². The van der Waals surface area contributed by atoms with Crippen molar-refractivity contribution in [3.8, 4) is 11.5 Å². The maximum atomic E-state index is 13.1. The fraction of sp³-hybridized carbons (Fsp3) is 0.379. The molecule has 2 aromatic rings. The number of thioether (sulfide) groups is 1. The molecule has 1 fully saturated rings. The Morgan fingerprint density at radius 3 is 2.42 bits per heavy atom. The number of amides is 1. The van der Waals surface area contributed by atoms with E-state index in [1.165, 1.54) is 48.8 Å². The Labute approximate surface area is 230 Å². The number of carbonyl (C=O) groups excluding carboxylic acids is 1. The van der Waals surface area contributed by atoms with Gasteiger partial charge in [-0.25, -0.2) is 0 Å². The number of rotatable bonds is 14. The Kier molecular flexibility index (Phi) is 11.0. The van der Waals surface area contributed by atoms with Gasteiger partial charge in [0.2, 0.25) is 0 Å². The summed E-state index contributed by atoms with van der Waals surface area (Å²) in [5.41, 5.74) is 1.67. The van der Waals surface area contributed by atoms with Crippen molar-refractivity contribution in [3.05, 3.63) is 71.2 Å². The predicted molar refractivity (Wildman–Crippen MR) is 155 cm³/mol. The molecule has 9 heteroatoms. The minimum atomic E-state index is -3.99. The highest BCUT2D eigenvalue weighted by Gasteiger charge is 2.34. The summed E-state index contributed by atoms with van der Waals surface area (Å²) in [4.78, 5) is 14.9. The first kappa shape index (κ1) is 29.5. The molecule has 7 nitrogen and oxygen atoms in total. The van der Waals surface area contributed by atoms with Gasteiger partial charge in [0.25, 0.3) is 15.9 Å². The highest BCUT2D eigenvalue weighted by atomic mass is 32.2. The molecule has 0 spiro atoms. The van der Waals surface area contributed by atoms with E-state index in [1.54, 1.807) is 31.4 Å². The summed E-state index contributed by atoms with van der Waals surface area (Å²) in [6.45, 7) is 8.52. The fourth-order valence-corrected chi connectivity index (χ4v) is 6.03. The third-order valence-corrected chi connectivity index (χ3v) is 8.36. The largest absolute Gasteiger partial charge is 0.493 e. The number of hydrogen-bond donors (Lipinski definition) is 0. The van der Waals surface area contributed by atoms with E-state index in [4.69, 9.17) is 9.47 Å². The Morgan fingerprint density at radius 2 is 1.74 bits per heavy atom. The van der Waals surface area contributed by atoms with Gasteiger partial charge >= 0.3 is 0 Å². The molecular formula is C29H36N2O5S2. The van der Waals surface area contributed by atoms with Crippen LogP contribution in [0, 0.1) is 6.92 Å². The van der Waals surface area contributed by atoms with E-state index in [0.29, 0.717) is 23.0 Å². The van der Waals surface area contributed by atoms with Crippen LogP contribution in [0.1, 0.15) is 56.6 Å². The van der Waals surface area contributed by atoms with E-state index < -0.39 is 10.0 Å². The summed E-state index contributed by atoms with van der Waals surface area (Å²) in [5, 5.41) is 0.0904. The number of benzene rings is 2. The normalized spacial score (nSPS) is 15.9. The first-order valence-electron chi connectivity index (χ1n) is 12.8. The van der Waals surface area contributed by atoms with Gasteiger partial charge in [-0.1, -0.05) is 68.9 Å². The van der Waals surface area contributed by atoms with Gasteiger partial charge in [0.15, 0.2) is 16.7 Å². The van der Waals surface area contributed by atoms with E-state index in [0.717, 1.165) is 35.7 Å². The second-order valence-electron chi connectivity index (χ2n) is 9.00. The molecule has 204 valence electrons. The molecule has 0 saturated carbocycles. The maximum Gasteiger partial charge on any atom is 0.284 e. The van der Waals surface area contributed by atoms with Crippen LogP contribution in [-0.4, -0.2) is 44.7 Å². The van der Waals surface area contributed by atoms with E-state index >= 15 is 0 Å². The second-order valence-corrected chi connectivity index (χ2v) is 11.6. The molecule has 1 aliphatic rings. The van der Waals surface area contributed by atoms with Gasteiger partial charge in [-0.2, -0.15) is 8.42 Å². The van der Waals surface area contributed by atoms with Gasteiger partial charge in [0.1, 0.15) is 0 Å². The molecule has 1 heterocycles. The number of amidine groups is 1. The van der Waals surface area contributed by atoms with Crippen LogP contribution >= 0.6 is 11.8 Å². The summed E-state index contributed by atoms with van der Waals surface area (Å²) >= 11 is 1.02. The Hall–Kier alpha value is -3.04. The van der Waals surface area contributed by atoms with Crippen LogP contribution in [0.3, 0.4) is 0 Å². The first-order valence-corrected chi connectivity index (χ1v) is 15.1. The maximum absolute atomic E-state index is 13.1. The number of methoxy groups -OCH3 is 1. The summed E-state index contributed by atoms with van der Waals surface area (Å²) in [6, 6.07) is 11.9. The van der Waals surface area contributed by atoms with Crippen LogP contribution in [0.5, 0.6) is 11.5 Å². The molecule has 3 rings (SSSR count). The Bertz CT molecular complexity index is 1280. The minimum Gasteiger partial charge on any atom is -0.493 e. The zero-order chi connectivity index (χ0) is 27.5. The molecule has 1 amide bonds. The van der Waals surface area contributed by atoms with Gasteiger partial charge in [-0.3, -0.25) is 9.69 Å². The van der Waals surface area contributed by atoms with Crippen molar-refractivity contribution in [1.29, 1.82) is 0 Å². The summed E-state index contributed by atoms with van der Waals surface area (Å²) in [7, 11) is -2.42. The van der Waals surface area contributed by atoms with Gasteiger partial charge in [-0.15, -0.1) is 11.0 Å². The van der Waals surface area contributed by atoms with E-state index in [9.17, 15) is 13.2 Å². The van der Waals surface area contributed by atoms with Gasteiger partial charge < -0.3 is 9.47 Å². The molecular weight excluding hydrogens is 520 g/mol. The number of unbranched alkanes of at least 4 members (excludes halogenated alkanes) is 5. The lowest BCUT2D eigenvalue weighted by Crippen LogP contribution is -2.29. The van der Waals surface area contributed by atoms with Gasteiger partial charge in [0, 0.05) is 6.54 Å². The summed E-state index contributed by atoms with van der Waals surface area (Å²) in [5.74, 6) is 0.878. The molecule has 2 aromatic carbocycles. The highest BCUT2D eigenvalue weighted by molar-refractivity contribution is 8.19. The Balaban J connectivity index is 1.76. The standard InChI is InChI=1S/C29H36N2O5S2/c1-5-7-8-9-10-11-19-36-25-17-14-23(20-26(25)35-4)21-27-28(32)31(18-6-2)29(37-27)30-38(33,34)24-15-12-22(3)13-16-24/h6,12-17,20-21H,2,5,7-11,18-19H2,1,3-4H3. The predicted octanol–water partition coefficient (Wildman–Crippen LogP) is 6.59. The van der Waals surface area contributed by atoms with Gasteiger partial charge in [0.05, 0.1) is 23.5 Å². The van der Waals surface area contributed by atoms with E-state index in [1.807, 2.05) is 19.1 Å². The smallest absolute Gasteiger partial charge is 0.284 e. The zero-order valence-corrected chi connectivity index (χ0v) is 23.9. The first-order chi connectivity index (χ1) is 18.3.